The molecule has 4 fully saturated rings. The summed E-state index contributed by atoms with van der Waals surface area (Å²) in [6, 6.07) is 22.2. The second kappa shape index (κ2) is 22.1. The van der Waals surface area contributed by atoms with E-state index in [2.05, 4.69) is 5.32 Å². The molecule has 3 aromatic rings. The molecule has 8 rings (SSSR count). The largest absolute Gasteiger partial charge is 0.459 e. The van der Waals surface area contributed by atoms with Crippen molar-refractivity contribution in [3.8, 4) is 0 Å². The van der Waals surface area contributed by atoms with Crippen LogP contribution >= 0.6 is 0 Å². The molecular weight excluding hydrogens is 1010 g/mol. The first-order chi connectivity index (χ1) is 36.4. The summed E-state index contributed by atoms with van der Waals surface area (Å²) in [6.07, 6.45) is -20.6. The summed E-state index contributed by atoms with van der Waals surface area (Å²) in [7, 11) is 0. The highest BCUT2D eigenvalue weighted by Gasteiger charge is 2.79. The fourth-order valence-electron chi connectivity index (χ4n) is 11.9. The number of ether oxygens (including phenoxy) is 8. The minimum atomic E-state index is -2.58. The Balaban J connectivity index is 1.26. The Morgan fingerprint density at radius 1 is 0.792 bits per heavy atom. The van der Waals surface area contributed by atoms with Crippen molar-refractivity contribution < 1.29 is 102 Å². The number of rotatable bonds is 15. The number of aliphatic hydroxyl groups is 6. The zero-order valence-electron chi connectivity index (χ0n) is 43.0. The number of ketones is 1. The molecule has 0 spiro atoms. The Morgan fingerprint density at radius 3 is 1.97 bits per heavy atom. The van der Waals surface area contributed by atoms with E-state index in [0.717, 1.165) is 13.8 Å². The maximum atomic E-state index is 16.3. The van der Waals surface area contributed by atoms with Gasteiger partial charge in [0.15, 0.2) is 29.9 Å². The van der Waals surface area contributed by atoms with E-state index in [4.69, 9.17) is 37.9 Å². The molecule has 22 heteroatoms. The van der Waals surface area contributed by atoms with Gasteiger partial charge < -0.3 is 73.9 Å². The van der Waals surface area contributed by atoms with Gasteiger partial charge in [-0.2, -0.15) is 0 Å². The fourth-order valence-corrected chi connectivity index (χ4v) is 11.9. The highest BCUT2D eigenvalue weighted by molar-refractivity contribution is 5.96. The van der Waals surface area contributed by atoms with Crippen LogP contribution in [0.15, 0.2) is 102 Å². The maximum Gasteiger partial charge on any atom is 0.338 e. The van der Waals surface area contributed by atoms with E-state index in [1.54, 1.807) is 66.7 Å². The minimum absolute atomic E-state index is 0.0350. The number of benzene rings is 3. The minimum Gasteiger partial charge on any atom is -0.459 e. The van der Waals surface area contributed by atoms with Gasteiger partial charge in [0.1, 0.15) is 61.0 Å². The number of carbonyl (C=O) groups excluding carboxylic acids is 7. The average Bonchev–Trinajstić information content (AvgIpc) is 3.56. The molecule has 0 radical (unpaired) electrons. The van der Waals surface area contributed by atoms with Gasteiger partial charge in [-0.1, -0.05) is 80.6 Å². The van der Waals surface area contributed by atoms with Crippen molar-refractivity contribution in [2.45, 2.75) is 139 Å². The SMILES string of the molecule is CC(=O)O[C@H]1C(=O)[C@]2(C)[C@@H](OC(=O)CO[C@H]3O[C@H](CO)[C@@H](O)[C@H](O)[C@@H]3O)C[C@H]3OC[C@@]3(OC(C)=O)[C@H]2[C@H](OC(=O)c2ccccc2)[C@]2(O)C[C@H](OC(=O)[C@H](O)[C@@H](NC(=O)c3ccccc3)c3ccccc3)C(C)=C1C2(C)C. The number of fused-ring (bicyclic) bond motifs is 5. The van der Waals surface area contributed by atoms with Gasteiger partial charge in [-0.3, -0.25) is 19.2 Å². The summed E-state index contributed by atoms with van der Waals surface area (Å²) < 4.78 is 47.8. The summed E-state index contributed by atoms with van der Waals surface area (Å²) in [5.74, 6) is -8.96. The summed E-state index contributed by atoms with van der Waals surface area (Å²) >= 11 is 0. The van der Waals surface area contributed by atoms with Crippen LogP contribution < -0.4 is 5.32 Å². The summed E-state index contributed by atoms with van der Waals surface area (Å²) in [5.41, 5.74) is -8.35. The molecule has 7 N–H and O–H groups in total. The van der Waals surface area contributed by atoms with Crippen molar-refractivity contribution in [3.63, 3.8) is 0 Å². The molecule has 2 saturated heterocycles. The third-order valence-electron chi connectivity index (χ3n) is 15.9. The summed E-state index contributed by atoms with van der Waals surface area (Å²) in [4.78, 5) is 99.9. The zero-order chi connectivity index (χ0) is 55.9. The van der Waals surface area contributed by atoms with E-state index in [1.807, 2.05) is 0 Å². The van der Waals surface area contributed by atoms with Gasteiger partial charge in [0, 0.05) is 37.7 Å². The molecule has 3 aromatic carbocycles. The second-order valence-corrected chi connectivity index (χ2v) is 20.8. The molecule has 3 aliphatic carbocycles. The van der Waals surface area contributed by atoms with Crippen molar-refractivity contribution in [3.05, 3.63) is 119 Å². The third-order valence-corrected chi connectivity index (χ3v) is 15.9. The lowest BCUT2D eigenvalue weighted by molar-refractivity contribution is -0.347. The first kappa shape index (κ1) is 56.7. The monoisotopic (exact) mass is 1070 g/mol. The molecule has 77 heavy (non-hydrogen) atoms. The van der Waals surface area contributed by atoms with Gasteiger partial charge >= 0.3 is 29.8 Å². The Bertz CT molecular complexity index is 2750. The highest BCUT2D eigenvalue weighted by atomic mass is 16.7. The van der Waals surface area contributed by atoms with E-state index in [1.165, 1.54) is 52.0 Å². The fraction of sp³-hybridized carbons (Fsp3) is 0.509. The maximum absolute atomic E-state index is 16.3. The standard InChI is InChI=1S/C55H63NO21/c1-27-33(73-50(68)41(62)39(30-16-10-7-11-17-30)56-48(66)31-18-12-8-13-19-31)23-55(69)47(76-49(67)32-20-14-9-15-21-32)45-53(6,46(65)44(72-28(2)58)38(27)52(55,4)5)35(22-36-54(45,26-71-36)77-29(3)59)75-37(60)25-70-51-43(64)42(63)40(61)34(24-57)74-51/h7-21,33-36,39-45,47,51,57,61-64,69H,22-26H2,1-6H3,(H,56,66)/t33-,34+,35-,36+,39-,40+,41+,42-,43-,44+,45-,47-,51-,53+,54-,55+/m0/s1. The van der Waals surface area contributed by atoms with Crippen LogP contribution in [0.2, 0.25) is 0 Å². The number of aliphatic hydroxyl groups excluding tert-OH is 5. The van der Waals surface area contributed by atoms with Crippen LogP contribution in [0.1, 0.15) is 86.7 Å². The predicted octanol–water partition coefficient (Wildman–Crippen LogP) is 1.10. The van der Waals surface area contributed by atoms with Crippen LogP contribution in [-0.2, 0) is 61.9 Å². The zero-order valence-corrected chi connectivity index (χ0v) is 43.0. The van der Waals surface area contributed by atoms with Crippen LogP contribution in [0.25, 0.3) is 0 Å². The van der Waals surface area contributed by atoms with Crippen molar-refractivity contribution in [1.29, 1.82) is 0 Å². The van der Waals surface area contributed by atoms with E-state index in [9.17, 15) is 59.4 Å². The van der Waals surface area contributed by atoms with Crippen LogP contribution in [-0.4, -0.2) is 171 Å². The Kier molecular flexibility index (Phi) is 16.3. The molecule has 1 amide bonds. The van der Waals surface area contributed by atoms with Crippen LogP contribution in [0.5, 0.6) is 0 Å². The molecule has 2 saturated carbocycles. The topological polar surface area (TPSA) is 327 Å². The third kappa shape index (κ3) is 10.3. The highest BCUT2D eigenvalue weighted by Crippen LogP contribution is 2.65. The van der Waals surface area contributed by atoms with Gasteiger partial charge in [0.05, 0.1) is 36.2 Å². The molecule has 2 heterocycles. The Labute approximate surface area is 442 Å². The average molecular weight is 1070 g/mol. The van der Waals surface area contributed by atoms with Crippen molar-refractivity contribution in [1.82, 2.24) is 5.32 Å². The van der Waals surface area contributed by atoms with E-state index in [0.29, 0.717) is 5.56 Å². The van der Waals surface area contributed by atoms with E-state index in [-0.39, 0.29) is 22.3 Å². The van der Waals surface area contributed by atoms with Gasteiger partial charge in [-0.25, -0.2) is 14.4 Å². The van der Waals surface area contributed by atoms with Crippen LogP contribution in [0.4, 0.5) is 0 Å². The number of Topliss-reactive ketones (excluding diaryl/α,β-unsaturated/α-hetero) is 1. The summed E-state index contributed by atoms with van der Waals surface area (Å²) in [5, 5.41) is 69.7. The van der Waals surface area contributed by atoms with E-state index < -0.39 is 176 Å². The Morgan fingerprint density at radius 2 is 1.40 bits per heavy atom. The Hall–Kier alpha value is -6.47. The van der Waals surface area contributed by atoms with Crippen LogP contribution in [0, 0.1) is 16.7 Å². The van der Waals surface area contributed by atoms with Gasteiger partial charge in [-0.05, 0) is 54.8 Å². The molecule has 414 valence electrons. The van der Waals surface area contributed by atoms with Gasteiger partial charge in [0.2, 0.25) is 0 Å². The molecule has 0 aromatic heterocycles. The van der Waals surface area contributed by atoms with Gasteiger partial charge in [0.25, 0.3) is 5.91 Å². The number of hydrogen-bond donors (Lipinski definition) is 7. The second-order valence-electron chi connectivity index (χ2n) is 20.8. The number of nitrogens with one attached hydrogen (secondary N) is 1. The number of carbonyl (C=O) groups is 7. The molecular formula is C55H63NO21. The van der Waals surface area contributed by atoms with E-state index >= 15 is 4.79 Å². The van der Waals surface area contributed by atoms with Crippen molar-refractivity contribution in [2.75, 3.05) is 19.8 Å². The normalized spacial score (nSPS) is 33.9. The van der Waals surface area contributed by atoms with Crippen LogP contribution in [0.3, 0.4) is 0 Å². The lowest BCUT2D eigenvalue weighted by Crippen LogP contribution is -2.82. The number of amides is 1. The predicted molar refractivity (Wildman–Crippen MR) is 261 cm³/mol. The number of esters is 5. The summed E-state index contributed by atoms with van der Waals surface area (Å²) in [6.45, 7) is 5.51. The molecule has 2 aliphatic heterocycles. The van der Waals surface area contributed by atoms with Crippen molar-refractivity contribution >= 4 is 41.5 Å². The van der Waals surface area contributed by atoms with Crippen molar-refractivity contribution in [2.24, 2.45) is 16.7 Å². The quantitative estimate of drug-likeness (QED) is 0.0637. The lowest BCUT2D eigenvalue weighted by Gasteiger charge is -2.67. The first-order valence-corrected chi connectivity index (χ1v) is 25.0. The molecule has 16 atom stereocenters. The molecule has 2 bridgehead atoms. The van der Waals surface area contributed by atoms with Gasteiger partial charge in [-0.15, -0.1) is 0 Å². The molecule has 0 unspecified atom stereocenters. The smallest absolute Gasteiger partial charge is 0.338 e. The first-order valence-electron chi connectivity index (χ1n) is 25.0. The molecule has 5 aliphatic rings. The molecule has 22 nitrogen and oxygen atoms in total. The lowest BCUT2D eigenvalue weighted by atomic mass is 9.44. The number of hydrogen-bond acceptors (Lipinski definition) is 21.